The largest absolute Gasteiger partial charge is 0.432 e. The smallest absolute Gasteiger partial charge is 0.269 e. The zero-order chi connectivity index (χ0) is 33.0. The van der Waals surface area contributed by atoms with Crippen molar-refractivity contribution < 1.29 is 33.9 Å². The van der Waals surface area contributed by atoms with Gasteiger partial charge in [0.2, 0.25) is 11.8 Å². The van der Waals surface area contributed by atoms with E-state index in [0.717, 1.165) is 17.7 Å². The van der Waals surface area contributed by atoms with Gasteiger partial charge in [-0.3, -0.25) is 24.5 Å². The highest BCUT2D eigenvalue weighted by Gasteiger charge is 2.66. The van der Waals surface area contributed by atoms with Crippen molar-refractivity contribution in [2.24, 2.45) is 5.92 Å². The molecule has 5 atom stereocenters. The lowest BCUT2D eigenvalue weighted by Gasteiger charge is -2.32. The molecular weight excluding hydrogens is 610 g/mol. The Bertz CT molecular complexity index is 1550. The molecule has 14 heteroatoms. The van der Waals surface area contributed by atoms with Crippen molar-refractivity contribution in [3.63, 3.8) is 0 Å². The van der Waals surface area contributed by atoms with E-state index < -0.39 is 42.3 Å². The number of ether oxygens (including phenoxy) is 1. The Balaban J connectivity index is 1.35. The van der Waals surface area contributed by atoms with Crippen LogP contribution in [-0.2, 0) is 31.3 Å². The van der Waals surface area contributed by atoms with Gasteiger partial charge in [-0.25, -0.2) is 0 Å². The predicted molar refractivity (Wildman–Crippen MR) is 172 cm³/mol. The Hall–Kier alpha value is -3.69. The summed E-state index contributed by atoms with van der Waals surface area (Å²) in [5, 5.41) is 24.8. The van der Waals surface area contributed by atoms with E-state index in [1.807, 2.05) is 31.2 Å². The molecule has 0 bridgehead atoms. The van der Waals surface area contributed by atoms with E-state index in [2.05, 4.69) is 5.32 Å². The number of aliphatic hydroxyl groups is 1. The number of carbonyl (C=O) groups excluding carboxylic acids is 3. The molecule has 6 rings (SSSR count). The second-order valence-electron chi connectivity index (χ2n) is 13.4. The number of amides is 3. The number of hydrogen-bond donors (Lipinski definition) is 3. The fraction of sp³-hybridized carbons (Fsp3) is 0.531. The number of fused-ring (bicyclic) bond motifs is 2. The first-order valence-electron chi connectivity index (χ1n) is 15.9. The Kier molecular flexibility index (Phi) is 8.52. The second kappa shape index (κ2) is 12.2. The van der Waals surface area contributed by atoms with Gasteiger partial charge in [0.15, 0.2) is 13.9 Å². The van der Waals surface area contributed by atoms with Gasteiger partial charge in [-0.1, -0.05) is 19.1 Å². The third kappa shape index (κ3) is 5.41. The van der Waals surface area contributed by atoms with Crippen LogP contribution in [0.4, 0.5) is 17.1 Å². The summed E-state index contributed by atoms with van der Waals surface area (Å²) in [4.78, 5) is 68.5. The number of carbonyl (C=O) groups is 3. The Morgan fingerprint density at radius 2 is 1.91 bits per heavy atom. The molecule has 3 fully saturated rings. The normalized spacial score (nSPS) is 28.0. The minimum Gasteiger partial charge on any atom is -0.432 e. The number of hydrogen-bond acceptors (Lipinski definition) is 9. The number of rotatable bonds is 8. The van der Waals surface area contributed by atoms with Crippen LogP contribution in [0, 0.1) is 16.0 Å². The first-order chi connectivity index (χ1) is 21.9. The fourth-order valence-electron chi connectivity index (χ4n) is 8.02. The molecule has 2 aromatic rings. The van der Waals surface area contributed by atoms with Gasteiger partial charge < -0.3 is 34.7 Å². The first kappa shape index (κ1) is 32.3. The molecule has 1 spiro atoms. The molecule has 0 radical (unpaired) electrons. The van der Waals surface area contributed by atoms with Crippen molar-refractivity contribution in [2.45, 2.75) is 69.1 Å². The van der Waals surface area contributed by atoms with E-state index in [0.29, 0.717) is 37.3 Å². The van der Waals surface area contributed by atoms with Gasteiger partial charge in [-0.05, 0) is 49.7 Å². The van der Waals surface area contributed by atoms with E-state index in [1.54, 1.807) is 33.9 Å². The SMILES string of the molecule is C[C@H]1[C@H]([Si](C)(C)O)[C@@H](CC(=O)N2CCC[C@H]2CO)O[C@]12C(=O)N(Cc1ccc(N3CCNCC3=O)cc1)c1ccc([N+](=O)[O-])cc12. The molecule has 3 amide bonds. The van der Waals surface area contributed by atoms with Crippen LogP contribution in [-0.4, -0.2) is 90.7 Å². The zero-order valence-electron chi connectivity index (χ0n) is 26.3. The van der Waals surface area contributed by atoms with Crippen LogP contribution in [0.5, 0.6) is 0 Å². The fourth-order valence-corrected chi connectivity index (χ4v) is 10.6. The number of nitro groups is 1. The lowest BCUT2D eigenvalue weighted by Crippen LogP contribution is -2.48. The quantitative estimate of drug-likeness (QED) is 0.221. The number of likely N-dealkylation sites (tertiary alicyclic amines) is 1. The standard InChI is InChI=1S/C32H41N5O8Si/c1-20-30(46(2,3)44)27(16-28(39)34-13-4-5-24(34)19-38)45-32(20)25-15-23(37(42)43)10-11-26(25)36(31(32)41)18-21-6-8-22(9-7-21)35-14-12-33-17-29(35)40/h6-11,15,20,24,27,30,33,38,44H,4-5,12-14,16-19H2,1-3H3/t20-,24-,27+,30-,32+/m0/s1. The molecule has 0 aromatic heterocycles. The van der Waals surface area contributed by atoms with Crippen molar-refractivity contribution in [3.05, 3.63) is 63.7 Å². The van der Waals surface area contributed by atoms with E-state index in [9.17, 15) is 34.4 Å². The predicted octanol–water partition coefficient (Wildman–Crippen LogP) is 2.25. The summed E-state index contributed by atoms with van der Waals surface area (Å²) in [5.41, 5.74) is 0.0257. The molecule has 0 saturated carbocycles. The molecule has 4 aliphatic rings. The van der Waals surface area contributed by atoms with Gasteiger partial charge in [0.1, 0.15) is 0 Å². The summed E-state index contributed by atoms with van der Waals surface area (Å²) in [6.07, 6.45) is 0.604. The molecule has 46 heavy (non-hydrogen) atoms. The molecular formula is C32H41N5O8Si. The van der Waals surface area contributed by atoms with Gasteiger partial charge in [0, 0.05) is 54.5 Å². The Labute approximate surface area is 268 Å². The average Bonchev–Trinajstić information content (AvgIpc) is 3.68. The molecule has 3 saturated heterocycles. The van der Waals surface area contributed by atoms with Crippen LogP contribution < -0.4 is 15.1 Å². The van der Waals surface area contributed by atoms with Crippen molar-refractivity contribution >= 4 is 43.1 Å². The van der Waals surface area contributed by atoms with Crippen LogP contribution in [0.15, 0.2) is 42.5 Å². The van der Waals surface area contributed by atoms with E-state index in [1.165, 1.54) is 12.1 Å². The van der Waals surface area contributed by atoms with Gasteiger partial charge in [0.25, 0.3) is 11.6 Å². The highest BCUT2D eigenvalue weighted by Crippen LogP contribution is 2.60. The number of nitro benzene ring substituents is 1. The van der Waals surface area contributed by atoms with Crippen LogP contribution >= 0.6 is 0 Å². The maximum Gasteiger partial charge on any atom is 0.269 e. The topological polar surface area (TPSA) is 166 Å². The number of non-ortho nitro benzene ring substituents is 1. The third-order valence-corrected chi connectivity index (χ3v) is 12.6. The summed E-state index contributed by atoms with van der Waals surface area (Å²) in [6, 6.07) is 11.4. The van der Waals surface area contributed by atoms with Gasteiger partial charge >= 0.3 is 0 Å². The van der Waals surface area contributed by atoms with Gasteiger partial charge in [-0.2, -0.15) is 0 Å². The Morgan fingerprint density at radius 3 is 2.57 bits per heavy atom. The highest BCUT2D eigenvalue weighted by atomic mass is 28.4. The molecule has 13 nitrogen and oxygen atoms in total. The highest BCUT2D eigenvalue weighted by molar-refractivity contribution is 6.71. The van der Waals surface area contributed by atoms with Gasteiger partial charge in [0.05, 0.1) is 48.9 Å². The summed E-state index contributed by atoms with van der Waals surface area (Å²) >= 11 is 0. The van der Waals surface area contributed by atoms with Crippen molar-refractivity contribution in [1.29, 1.82) is 0 Å². The van der Waals surface area contributed by atoms with Crippen LogP contribution in [0.1, 0.15) is 37.3 Å². The maximum absolute atomic E-state index is 14.7. The summed E-state index contributed by atoms with van der Waals surface area (Å²) in [5.74, 6) is -1.22. The van der Waals surface area contributed by atoms with Crippen molar-refractivity contribution in [2.75, 3.05) is 42.6 Å². The molecule has 0 aliphatic carbocycles. The lowest BCUT2D eigenvalue weighted by molar-refractivity contribution is -0.385. The van der Waals surface area contributed by atoms with Gasteiger partial charge in [-0.15, -0.1) is 0 Å². The summed E-state index contributed by atoms with van der Waals surface area (Å²) in [7, 11) is -3.07. The number of piperazine rings is 1. The summed E-state index contributed by atoms with van der Waals surface area (Å²) in [6.45, 7) is 7.40. The second-order valence-corrected chi connectivity index (χ2v) is 17.3. The maximum atomic E-state index is 14.7. The zero-order valence-corrected chi connectivity index (χ0v) is 27.3. The average molecular weight is 652 g/mol. The van der Waals surface area contributed by atoms with E-state index in [4.69, 9.17) is 4.74 Å². The number of anilines is 2. The van der Waals surface area contributed by atoms with E-state index in [-0.39, 0.29) is 49.7 Å². The number of benzene rings is 2. The lowest BCUT2D eigenvalue weighted by atomic mass is 9.82. The van der Waals surface area contributed by atoms with Crippen molar-refractivity contribution in [3.8, 4) is 0 Å². The van der Waals surface area contributed by atoms with E-state index >= 15 is 0 Å². The minimum absolute atomic E-state index is 0.0203. The van der Waals surface area contributed by atoms with Crippen LogP contribution in [0.3, 0.4) is 0 Å². The molecule has 0 unspecified atom stereocenters. The third-order valence-electron chi connectivity index (χ3n) is 10.1. The molecule has 4 heterocycles. The van der Waals surface area contributed by atoms with Crippen LogP contribution in [0.25, 0.3) is 0 Å². The first-order valence-corrected chi connectivity index (χ1v) is 18.9. The summed E-state index contributed by atoms with van der Waals surface area (Å²) < 4.78 is 6.71. The molecule has 4 aliphatic heterocycles. The molecule has 3 N–H and O–H groups in total. The van der Waals surface area contributed by atoms with Crippen molar-refractivity contribution in [1.82, 2.24) is 10.2 Å². The minimum atomic E-state index is -3.07. The molecule has 2 aromatic carbocycles. The Morgan fingerprint density at radius 1 is 1.17 bits per heavy atom. The monoisotopic (exact) mass is 651 g/mol. The molecule has 246 valence electrons. The number of nitrogens with zero attached hydrogens (tertiary/aromatic N) is 4. The number of nitrogens with one attached hydrogen (secondary N) is 1. The van der Waals surface area contributed by atoms with Crippen LogP contribution in [0.2, 0.25) is 18.6 Å². The number of aliphatic hydroxyl groups excluding tert-OH is 1.